The van der Waals surface area contributed by atoms with E-state index in [0.29, 0.717) is 44.1 Å². The van der Waals surface area contributed by atoms with Gasteiger partial charge in [0.1, 0.15) is 5.82 Å². The molecule has 1 aliphatic heterocycles. The van der Waals surface area contributed by atoms with Crippen molar-refractivity contribution in [3.63, 3.8) is 0 Å². The summed E-state index contributed by atoms with van der Waals surface area (Å²) < 4.78 is 7.96. The minimum atomic E-state index is -0.134. The fourth-order valence-corrected chi connectivity index (χ4v) is 3.95. The molecule has 0 saturated carbocycles. The second kappa shape index (κ2) is 8.65. The number of benzene rings is 1. The summed E-state index contributed by atoms with van der Waals surface area (Å²) in [6.07, 6.45) is 4.42. The van der Waals surface area contributed by atoms with Crippen molar-refractivity contribution in [3.8, 4) is 0 Å². The maximum absolute atomic E-state index is 12.7. The van der Waals surface area contributed by atoms with Crippen LogP contribution in [0.5, 0.6) is 0 Å². The molecule has 2 aromatic heterocycles. The molecule has 2 amide bonds. The average Bonchev–Trinajstić information content (AvgIpc) is 3.40. The summed E-state index contributed by atoms with van der Waals surface area (Å²) in [5, 5.41) is 7.32. The van der Waals surface area contributed by atoms with Crippen LogP contribution in [0.4, 0.5) is 5.82 Å². The monoisotopic (exact) mass is 456 g/mol. The second-order valence-electron chi connectivity index (χ2n) is 7.04. The van der Waals surface area contributed by atoms with Crippen molar-refractivity contribution < 1.29 is 14.0 Å². The molecule has 0 unspecified atom stereocenters. The Bertz CT molecular complexity index is 991. The lowest BCUT2D eigenvalue weighted by Crippen LogP contribution is -2.41. The standard InChI is InChI=1S/C21H21BrN4O3/c22-17-4-1-3-15(13-17)14-26-19(6-9-23-26)24-20(27)16-7-10-25(11-8-16)21(28)18-5-2-12-29-18/h1-6,9,12-13,16H,7-8,10-11,14H2,(H,24,27). The van der Waals surface area contributed by atoms with Gasteiger partial charge in [0.2, 0.25) is 5.91 Å². The van der Waals surface area contributed by atoms with Crippen molar-refractivity contribution in [2.24, 2.45) is 5.92 Å². The van der Waals surface area contributed by atoms with E-state index in [1.54, 1.807) is 34.0 Å². The fourth-order valence-electron chi connectivity index (χ4n) is 3.50. The van der Waals surface area contributed by atoms with E-state index >= 15 is 0 Å². The van der Waals surface area contributed by atoms with Crippen molar-refractivity contribution >= 4 is 33.6 Å². The molecule has 8 heteroatoms. The maximum atomic E-state index is 12.7. The van der Waals surface area contributed by atoms with E-state index in [9.17, 15) is 9.59 Å². The number of likely N-dealkylation sites (tertiary alicyclic amines) is 1. The molecule has 4 rings (SSSR count). The number of rotatable bonds is 5. The molecule has 1 saturated heterocycles. The zero-order valence-corrected chi connectivity index (χ0v) is 17.3. The Kier molecular flexibility index (Phi) is 5.80. The van der Waals surface area contributed by atoms with Gasteiger partial charge in [0, 0.05) is 29.5 Å². The number of hydrogen-bond donors (Lipinski definition) is 1. The first-order valence-corrected chi connectivity index (χ1v) is 10.3. The highest BCUT2D eigenvalue weighted by molar-refractivity contribution is 9.10. The Morgan fingerprint density at radius 1 is 1.17 bits per heavy atom. The highest BCUT2D eigenvalue weighted by atomic mass is 79.9. The molecule has 0 spiro atoms. The molecule has 0 bridgehead atoms. The first-order valence-electron chi connectivity index (χ1n) is 9.50. The highest BCUT2D eigenvalue weighted by Gasteiger charge is 2.29. The SMILES string of the molecule is O=C(Nc1ccnn1Cc1cccc(Br)c1)C1CCN(C(=O)c2ccco2)CC1. The Morgan fingerprint density at radius 2 is 2.00 bits per heavy atom. The first-order chi connectivity index (χ1) is 14.1. The number of hydrogen-bond acceptors (Lipinski definition) is 4. The normalized spacial score (nSPS) is 14.7. The number of carbonyl (C=O) groups is 2. The van der Waals surface area contributed by atoms with E-state index in [1.165, 1.54) is 6.26 Å². The number of aromatic nitrogens is 2. The van der Waals surface area contributed by atoms with E-state index in [1.807, 2.05) is 24.3 Å². The van der Waals surface area contributed by atoms with Crippen LogP contribution in [0.3, 0.4) is 0 Å². The first kappa shape index (κ1) is 19.4. The maximum Gasteiger partial charge on any atom is 0.289 e. The van der Waals surface area contributed by atoms with Gasteiger partial charge in [0.25, 0.3) is 5.91 Å². The van der Waals surface area contributed by atoms with E-state index in [2.05, 4.69) is 26.3 Å². The van der Waals surface area contributed by atoms with Crippen LogP contribution < -0.4 is 5.32 Å². The van der Waals surface area contributed by atoms with Crippen LogP contribution in [0.25, 0.3) is 0 Å². The molecule has 29 heavy (non-hydrogen) atoms. The summed E-state index contributed by atoms with van der Waals surface area (Å²) in [6, 6.07) is 13.1. The van der Waals surface area contributed by atoms with Crippen LogP contribution in [-0.2, 0) is 11.3 Å². The minimum absolute atomic E-state index is 0.0360. The summed E-state index contributed by atoms with van der Waals surface area (Å²) in [4.78, 5) is 26.8. The predicted octanol–water partition coefficient (Wildman–Crippen LogP) is 3.78. The Morgan fingerprint density at radius 3 is 2.72 bits per heavy atom. The smallest absolute Gasteiger partial charge is 0.289 e. The molecule has 0 aliphatic carbocycles. The van der Waals surface area contributed by atoms with Gasteiger partial charge >= 0.3 is 0 Å². The largest absolute Gasteiger partial charge is 0.459 e. The van der Waals surface area contributed by atoms with Crippen molar-refractivity contribution in [2.45, 2.75) is 19.4 Å². The van der Waals surface area contributed by atoms with E-state index < -0.39 is 0 Å². The number of halogens is 1. The van der Waals surface area contributed by atoms with Gasteiger partial charge in [0.15, 0.2) is 5.76 Å². The third-order valence-corrected chi connectivity index (χ3v) is 5.57. The van der Waals surface area contributed by atoms with Gasteiger partial charge in [-0.1, -0.05) is 28.1 Å². The second-order valence-corrected chi connectivity index (χ2v) is 7.95. The van der Waals surface area contributed by atoms with Gasteiger partial charge < -0.3 is 14.6 Å². The van der Waals surface area contributed by atoms with Crippen molar-refractivity contribution in [1.82, 2.24) is 14.7 Å². The summed E-state index contributed by atoms with van der Waals surface area (Å²) in [5.74, 6) is 0.713. The van der Waals surface area contributed by atoms with Crippen LogP contribution in [0.15, 0.2) is 63.8 Å². The summed E-state index contributed by atoms with van der Waals surface area (Å²) in [6.45, 7) is 1.64. The predicted molar refractivity (Wildman–Crippen MR) is 111 cm³/mol. The molecule has 1 fully saturated rings. The van der Waals surface area contributed by atoms with E-state index in [-0.39, 0.29) is 17.7 Å². The molecule has 1 aromatic carbocycles. The van der Waals surface area contributed by atoms with E-state index in [4.69, 9.17) is 4.42 Å². The molecule has 3 heterocycles. The molecule has 1 aliphatic rings. The van der Waals surface area contributed by atoms with Gasteiger partial charge in [-0.15, -0.1) is 0 Å². The molecule has 150 valence electrons. The van der Waals surface area contributed by atoms with Gasteiger partial charge in [-0.2, -0.15) is 5.10 Å². The number of carbonyl (C=O) groups excluding carboxylic acids is 2. The fraction of sp³-hybridized carbons (Fsp3) is 0.286. The number of anilines is 1. The van der Waals surface area contributed by atoms with Crippen LogP contribution in [0, 0.1) is 5.92 Å². The van der Waals surface area contributed by atoms with Gasteiger partial charge in [-0.25, -0.2) is 4.68 Å². The zero-order valence-electron chi connectivity index (χ0n) is 15.8. The molecule has 3 aromatic rings. The molecule has 0 radical (unpaired) electrons. The van der Waals surface area contributed by atoms with Crippen molar-refractivity contribution in [3.05, 3.63) is 70.7 Å². The van der Waals surface area contributed by atoms with Crippen LogP contribution in [-0.4, -0.2) is 39.6 Å². The van der Waals surface area contributed by atoms with Crippen LogP contribution >= 0.6 is 15.9 Å². The topological polar surface area (TPSA) is 80.4 Å². The Hall–Kier alpha value is -2.87. The lowest BCUT2D eigenvalue weighted by molar-refractivity contribution is -0.121. The van der Waals surface area contributed by atoms with Gasteiger partial charge in [-0.3, -0.25) is 9.59 Å². The Labute approximate surface area is 176 Å². The average molecular weight is 457 g/mol. The summed E-state index contributed by atoms with van der Waals surface area (Å²) >= 11 is 3.47. The third kappa shape index (κ3) is 4.59. The highest BCUT2D eigenvalue weighted by Crippen LogP contribution is 2.22. The van der Waals surface area contributed by atoms with Gasteiger partial charge in [-0.05, 0) is 42.7 Å². The molecular weight excluding hydrogens is 436 g/mol. The number of amides is 2. The summed E-state index contributed by atoms with van der Waals surface area (Å²) in [5.41, 5.74) is 1.09. The number of furan rings is 1. The molecule has 1 N–H and O–H groups in total. The lowest BCUT2D eigenvalue weighted by atomic mass is 9.95. The van der Waals surface area contributed by atoms with Gasteiger partial charge in [0.05, 0.1) is 19.0 Å². The zero-order chi connectivity index (χ0) is 20.2. The van der Waals surface area contributed by atoms with Crippen LogP contribution in [0.1, 0.15) is 29.0 Å². The number of nitrogens with zero attached hydrogens (tertiary/aromatic N) is 3. The van der Waals surface area contributed by atoms with Crippen molar-refractivity contribution in [1.29, 1.82) is 0 Å². The quantitative estimate of drug-likeness (QED) is 0.633. The van der Waals surface area contributed by atoms with E-state index in [0.717, 1.165) is 10.0 Å². The molecule has 7 nitrogen and oxygen atoms in total. The molecular formula is C21H21BrN4O3. The Balaban J connectivity index is 1.34. The number of piperidine rings is 1. The molecule has 0 atom stereocenters. The number of nitrogens with one attached hydrogen (secondary N) is 1. The van der Waals surface area contributed by atoms with Crippen molar-refractivity contribution in [2.75, 3.05) is 18.4 Å². The third-order valence-electron chi connectivity index (χ3n) is 5.07. The lowest BCUT2D eigenvalue weighted by Gasteiger charge is -2.30. The minimum Gasteiger partial charge on any atom is -0.459 e. The van der Waals surface area contributed by atoms with Crippen LogP contribution in [0.2, 0.25) is 0 Å². The summed E-state index contributed by atoms with van der Waals surface area (Å²) in [7, 11) is 0.